The number of benzene rings is 1. The second-order valence-corrected chi connectivity index (χ2v) is 4.43. The molecule has 18 heavy (non-hydrogen) atoms. The zero-order valence-electron chi connectivity index (χ0n) is 9.86. The van der Waals surface area contributed by atoms with E-state index in [-0.39, 0.29) is 0 Å². The molecule has 4 heteroatoms. The van der Waals surface area contributed by atoms with E-state index in [0.717, 1.165) is 24.2 Å². The molecule has 1 heterocycles. The predicted molar refractivity (Wildman–Crippen MR) is 66.2 cm³/mol. The number of rotatable bonds is 4. The summed E-state index contributed by atoms with van der Waals surface area (Å²) in [7, 11) is 0. The Morgan fingerprint density at radius 1 is 1.28 bits per heavy atom. The zero-order chi connectivity index (χ0) is 12.4. The molecule has 0 radical (unpaired) electrons. The summed E-state index contributed by atoms with van der Waals surface area (Å²) in [5.41, 5.74) is 1.38. The van der Waals surface area contributed by atoms with Crippen molar-refractivity contribution in [1.29, 1.82) is 0 Å². The maximum Gasteiger partial charge on any atom is 0.121 e. The molecule has 1 fully saturated rings. The summed E-state index contributed by atoms with van der Waals surface area (Å²) in [6.07, 6.45) is 4.92. The number of aromatic nitrogens is 2. The topological polar surface area (TPSA) is 55.2 Å². The quantitative estimate of drug-likeness (QED) is 0.892. The highest BCUT2D eigenvalue weighted by atomic mass is 16.5. The van der Waals surface area contributed by atoms with Crippen LogP contribution >= 0.6 is 0 Å². The molecule has 2 aromatic rings. The molecule has 1 aromatic carbocycles. The Kier molecular flexibility index (Phi) is 2.94. The van der Waals surface area contributed by atoms with Gasteiger partial charge in [0, 0.05) is 6.20 Å². The van der Waals surface area contributed by atoms with Crippen molar-refractivity contribution in [2.75, 3.05) is 0 Å². The predicted octanol–water partition coefficient (Wildman–Crippen LogP) is 2.10. The molecule has 0 amide bonds. The Hall–Kier alpha value is -1.94. The first kappa shape index (κ1) is 11.2. The van der Waals surface area contributed by atoms with Gasteiger partial charge in [-0.3, -0.25) is 0 Å². The summed E-state index contributed by atoms with van der Waals surface area (Å²) in [5, 5.41) is 10.2. The molecule has 3 rings (SSSR count). The van der Waals surface area contributed by atoms with Crippen molar-refractivity contribution < 1.29 is 9.84 Å². The van der Waals surface area contributed by atoms with Gasteiger partial charge in [-0.15, -0.1) is 0 Å². The van der Waals surface area contributed by atoms with Crippen LogP contribution < -0.4 is 4.74 Å². The summed E-state index contributed by atoms with van der Waals surface area (Å²) >= 11 is 0. The van der Waals surface area contributed by atoms with Crippen molar-refractivity contribution in [1.82, 2.24) is 9.97 Å². The minimum Gasteiger partial charge on any atom is -0.490 e. The lowest BCUT2D eigenvalue weighted by Gasteiger charge is -2.12. The van der Waals surface area contributed by atoms with Gasteiger partial charge in [-0.25, -0.2) is 9.97 Å². The smallest absolute Gasteiger partial charge is 0.121 e. The van der Waals surface area contributed by atoms with Gasteiger partial charge in [-0.1, -0.05) is 12.1 Å². The van der Waals surface area contributed by atoms with Crippen LogP contribution in [0.25, 0.3) is 0 Å². The molecule has 4 nitrogen and oxygen atoms in total. The van der Waals surface area contributed by atoms with Crippen LogP contribution in [0.1, 0.15) is 30.2 Å². The first-order valence-corrected chi connectivity index (χ1v) is 6.03. The Bertz CT molecular complexity index is 526. The number of hydrogen-bond donors (Lipinski definition) is 1. The van der Waals surface area contributed by atoms with Gasteiger partial charge in [0.1, 0.15) is 18.2 Å². The summed E-state index contributed by atoms with van der Waals surface area (Å²) < 4.78 is 5.71. The van der Waals surface area contributed by atoms with E-state index in [4.69, 9.17) is 4.74 Å². The number of nitrogens with zero attached hydrogens (tertiary/aromatic N) is 2. The van der Waals surface area contributed by atoms with Gasteiger partial charge in [0.05, 0.1) is 11.8 Å². The standard InChI is InChI=1S/C14H14N2O2/c17-14(13-6-7-15-9-16-13)10-2-1-3-12(8-10)18-11-4-5-11/h1-3,6-9,11,14,17H,4-5H2. The number of aliphatic hydroxyl groups is 1. The van der Waals surface area contributed by atoms with Crippen molar-refractivity contribution in [2.45, 2.75) is 25.0 Å². The van der Waals surface area contributed by atoms with E-state index < -0.39 is 6.10 Å². The van der Waals surface area contributed by atoms with Crippen LogP contribution in [0.4, 0.5) is 0 Å². The molecule has 1 aliphatic rings. The Morgan fingerprint density at radius 3 is 2.89 bits per heavy atom. The Labute approximate surface area is 105 Å². The van der Waals surface area contributed by atoms with Crippen molar-refractivity contribution in [3.05, 3.63) is 54.1 Å². The van der Waals surface area contributed by atoms with Gasteiger partial charge in [-0.05, 0) is 36.6 Å². The molecular formula is C14H14N2O2. The Balaban J connectivity index is 1.82. The van der Waals surface area contributed by atoms with Gasteiger partial charge < -0.3 is 9.84 Å². The lowest BCUT2D eigenvalue weighted by atomic mass is 10.1. The van der Waals surface area contributed by atoms with Crippen LogP contribution in [0.2, 0.25) is 0 Å². The van der Waals surface area contributed by atoms with E-state index >= 15 is 0 Å². The highest BCUT2D eigenvalue weighted by Crippen LogP contribution is 2.29. The molecule has 1 atom stereocenters. The van der Waals surface area contributed by atoms with Crippen LogP contribution in [0.5, 0.6) is 5.75 Å². The highest BCUT2D eigenvalue weighted by Gasteiger charge is 2.23. The lowest BCUT2D eigenvalue weighted by molar-refractivity contribution is 0.214. The van der Waals surface area contributed by atoms with Gasteiger partial charge in [0.2, 0.25) is 0 Å². The fraction of sp³-hybridized carbons (Fsp3) is 0.286. The molecule has 0 aliphatic heterocycles. The number of aliphatic hydroxyl groups excluding tert-OH is 1. The fourth-order valence-corrected chi connectivity index (χ4v) is 1.77. The van der Waals surface area contributed by atoms with Crippen molar-refractivity contribution in [2.24, 2.45) is 0 Å². The molecule has 1 saturated carbocycles. The summed E-state index contributed by atoms with van der Waals surface area (Å²) in [5.74, 6) is 0.808. The average Bonchev–Trinajstić information content (AvgIpc) is 3.23. The maximum absolute atomic E-state index is 10.2. The molecular weight excluding hydrogens is 228 g/mol. The molecule has 0 spiro atoms. The third-order valence-electron chi connectivity index (χ3n) is 2.89. The molecule has 1 unspecified atom stereocenters. The van der Waals surface area contributed by atoms with E-state index in [1.165, 1.54) is 6.33 Å². The van der Waals surface area contributed by atoms with Gasteiger partial charge in [0.25, 0.3) is 0 Å². The summed E-state index contributed by atoms with van der Waals surface area (Å²) in [6, 6.07) is 9.24. The summed E-state index contributed by atoms with van der Waals surface area (Å²) in [6.45, 7) is 0. The molecule has 1 aromatic heterocycles. The van der Waals surface area contributed by atoms with Crippen molar-refractivity contribution >= 4 is 0 Å². The van der Waals surface area contributed by atoms with E-state index in [0.29, 0.717) is 11.8 Å². The zero-order valence-corrected chi connectivity index (χ0v) is 9.86. The summed E-state index contributed by atoms with van der Waals surface area (Å²) in [4.78, 5) is 7.90. The SMILES string of the molecule is OC(c1cccc(OC2CC2)c1)c1ccncn1. The van der Waals surface area contributed by atoms with Crippen LogP contribution in [-0.2, 0) is 0 Å². The van der Waals surface area contributed by atoms with E-state index in [1.807, 2.05) is 24.3 Å². The largest absolute Gasteiger partial charge is 0.490 e. The van der Waals surface area contributed by atoms with E-state index in [1.54, 1.807) is 12.3 Å². The van der Waals surface area contributed by atoms with Crippen LogP contribution in [-0.4, -0.2) is 21.2 Å². The maximum atomic E-state index is 10.2. The van der Waals surface area contributed by atoms with Gasteiger partial charge in [0.15, 0.2) is 0 Å². The van der Waals surface area contributed by atoms with Crippen LogP contribution in [0, 0.1) is 0 Å². The van der Waals surface area contributed by atoms with E-state index in [2.05, 4.69) is 9.97 Å². The second kappa shape index (κ2) is 4.74. The Morgan fingerprint density at radius 2 is 2.17 bits per heavy atom. The van der Waals surface area contributed by atoms with Crippen molar-refractivity contribution in [3.8, 4) is 5.75 Å². The lowest BCUT2D eigenvalue weighted by Crippen LogP contribution is -2.03. The van der Waals surface area contributed by atoms with Gasteiger partial charge in [-0.2, -0.15) is 0 Å². The highest BCUT2D eigenvalue weighted by molar-refractivity contribution is 5.33. The molecule has 0 saturated heterocycles. The van der Waals surface area contributed by atoms with Crippen LogP contribution in [0.15, 0.2) is 42.9 Å². The number of ether oxygens (including phenoxy) is 1. The van der Waals surface area contributed by atoms with Crippen molar-refractivity contribution in [3.63, 3.8) is 0 Å². The van der Waals surface area contributed by atoms with Crippen LogP contribution in [0.3, 0.4) is 0 Å². The first-order chi connectivity index (χ1) is 8.83. The first-order valence-electron chi connectivity index (χ1n) is 6.03. The van der Waals surface area contributed by atoms with E-state index in [9.17, 15) is 5.11 Å². The molecule has 92 valence electrons. The molecule has 0 bridgehead atoms. The minimum absolute atomic E-state index is 0.358. The third kappa shape index (κ3) is 2.49. The fourth-order valence-electron chi connectivity index (χ4n) is 1.77. The monoisotopic (exact) mass is 242 g/mol. The molecule has 1 aliphatic carbocycles. The van der Waals surface area contributed by atoms with Gasteiger partial charge >= 0.3 is 0 Å². The normalized spacial score (nSPS) is 16.3. The number of hydrogen-bond acceptors (Lipinski definition) is 4. The minimum atomic E-state index is -0.740. The molecule has 1 N–H and O–H groups in total. The third-order valence-corrected chi connectivity index (χ3v) is 2.89. The second-order valence-electron chi connectivity index (χ2n) is 4.43. The average molecular weight is 242 g/mol.